The highest BCUT2D eigenvalue weighted by molar-refractivity contribution is 6.33. The van der Waals surface area contributed by atoms with Crippen LogP contribution in [0.25, 0.3) is 0 Å². The van der Waals surface area contributed by atoms with Gasteiger partial charge < -0.3 is 4.90 Å². The van der Waals surface area contributed by atoms with Gasteiger partial charge in [0.1, 0.15) is 5.69 Å². The zero-order valence-corrected chi connectivity index (χ0v) is 9.40. The van der Waals surface area contributed by atoms with Crippen LogP contribution in [0.5, 0.6) is 0 Å². The molecule has 5 heteroatoms. The second-order valence-corrected chi connectivity index (χ2v) is 3.70. The molecule has 4 nitrogen and oxygen atoms in total. The van der Waals surface area contributed by atoms with Crippen molar-refractivity contribution in [2.75, 3.05) is 11.9 Å². The van der Waals surface area contributed by atoms with Crippen LogP contribution in [0.3, 0.4) is 0 Å². The summed E-state index contributed by atoms with van der Waals surface area (Å²) in [6.45, 7) is 0. The molecule has 0 aliphatic rings. The van der Waals surface area contributed by atoms with Gasteiger partial charge in [-0.05, 0) is 12.1 Å². The summed E-state index contributed by atoms with van der Waals surface area (Å²) in [4.78, 5) is 13.3. The number of nitrogens with zero attached hydrogens (tertiary/aromatic N) is 2. The highest BCUT2D eigenvalue weighted by Crippen LogP contribution is 2.25. The van der Waals surface area contributed by atoms with Gasteiger partial charge in [-0.1, -0.05) is 29.8 Å². The molecular weight excluding hydrogens is 226 g/mol. The van der Waals surface area contributed by atoms with E-state index in [0.717, 1.165) is 5.69 Å². The molecular formula is C11H10ClN3O. The number of H-pyrrole nitrogens is 1. The van der Waals surface area contributed by atoms with Gasteiger partial charge in [0.05, 0.1) is 11.2 Å². The molecule has 1 N–H and O–H groups in total. The van der Waals surface area contributed by atoms with E-state index in [1.54, 1.807) is 11.9 Å². The monoisotopic (exact) mass is 235 g/mol. The molecule has 0 spiro atoms. The Balaban J connectivity index is 2.50. The molecule has 82 valence electrons. The predicted molar refractivity (Wildman–Crippen MR) is 64.4 cm³/mol. The smallest absolute Gasteiger partial charge is 0.289 e. The normalized spacial score (nSPS) is 10.1. The summed E-state index contributed by atoms with van der Waals surface area (Å²) in [5.41, 5.74) is 0.975. The molecule has 0 fully saturated rings. The molecule has 0 unspecified atom stereocenters. The lowest BCUT2D eigenvalue weighted by Gasteiger charge is -2.18. The summed E-state index contributed by atoms with van der Waals surface area (Å²) in [6.07, 6.45) is 1.41. The first-order valence-corrected chi connectivity index (χ1v) is 5.10. The Morgan fingerprint density at radius 3 is 2.62 bits per heavy atom. The Morgan fingerprint density at radius 2 is 2.00 bits per heavy atom. The van der Waals surface area contributed by atoms with Crippen molar-refractivity contribution < 1.29 is 0 Å². The Kier molecular flexibility index (Phi) is 2.92. The van der Waals surface area contributed by atoms with Crippen LogP contribution in [0.15, 0.2) is 41.3 Å². The van der Waals surface area contributed by atoms with Crippen molar-refractivity contribution in [3.63, 3.8) is 0 Å². The fraction of sp³-hybridized carbons (Fsp3) is 0.0909. The van der Waals surface area contributed by atoms with E-state index in [1.165, 1.54) is 6.20 Å². The van der Waals surface area contributed by atoms with Crippen LogP contribution in [0.1, 0.15) is 0 Å². The van der Waals surface area contributed by atoms with Crippen LogP contribution in [0.2, 0.25) is 5.02 Å². The fourth-order valence-electron chi connectivity index (χ4n) is 1.46. The molecule has 1 aromatic heterocycles. The van der Waals surface area contributed by atoms with Gasteiger partial charge in [-0.2, -0.15) is 5.10 Å². The molecule has 2 aromatic rings. The summed E-state index contributed by atoms with van der Waals surface area (Å²) in [5, 5.41) is 6.31. The van der Waals surface area contributed by atoms with Gasteiger partial charge in [-0.25, -0.2) is 5.10 Å². The number of hydrogen-bond acceptors (Lipinski definition) is 3. The minimum absolute atomic E-state index is 0.307. The highest BCUT2D eigenvalue weighted by atomic mass is 35.5. The third-order valence-corrected chi connectivity index (χ3v) is 2.54. The standard InChI is InChI=1S/C11H10ClN3O/c1-15(8-5-3-2-4-6-8)10-9(12)7-13-14-11(10)16/h2-7H,1H3,(H,14,16). The first-order valence-electron chi connectivity index (χ1n) is 4.72. The minimum Gasteiger partial charge on any atom is -0.339 e. The van der Waals surface area contributed by atoms with Gasteiger partial charge >= 0.3 is 0 Å². The third-order valence-electron chi connectivity index (χ3n) is 2.26. The van der Waals surface area contributed by atoms with Crippen molar-refractivity contribution in [3.05, 3.63) is 51.9 Å². The van der Waals surface area contributed by atoms with Crippen molar-refractivity contribution in [1.82, 2.24) is 10.2 Å². The molecule has 0 aliphatic carbocycles. The summed E-state index contributed by atoms with van der Waals surface area (Å²) >= 11 is 5.95. The number of halogens is 1. The number of benzene rings is 1. The lowest BCUT2D eigenvalue weighted by Crippen LogP contribution is -2.21. The van der Waals surface area contributed by atoms with E-state index in [9.17, 15) is 4.79 Å². The molecule has 0 amide bonds. The van der Waals surface area contributed by atoms with Crippen LogP contribution in [0.4, 0.5) is 11.4 Å². The third kappa shape index (κ3) is 1.92. The van der Waals surface area contributed by atoms with Crippen LogP contribution in [0, 0.1) is 0 Å². The number of aromatic amines is 1. The minimum atomic E-state index is -0.307. The van der Waals surface area contributed by atoms with Crippen molar-refractivity contribution in [2.45, 2.75) is 0 Å². The molecule has 0 saturated heterocycles. The quantitative estimate of drug-likeness (QED) is 0.868. The number of anilines is 2. The number of para-hydroxylation sites is 1. The van der Waals surface area contributed by atoms with E-state index in [-0.39, 0.29) is 5.56 Å². The second kappa shape index (κ2) is 4.37. The zero-order valence-electron chi connectivity index (χ0n) is 8.64. The van der Waals surface area contributed by atoms with E-state index >= 15 is 0 Å². The Labute approximate surface area is 97.5 Å². The lowest BCUT2D eigenvalue weighted by atomic mass is 10.3. The second-order valence-electron chi connectivity index (χ2n) is 3.29. The summed E-state index contributed by atoms with van der Waals surface area (Å²) in [5.74, 6) is 0. The molecule has 16 heavy (non-hydrogen) atoms. The molecule has 1 heterocycles. The predicted octanol–water partition coefficient (Wildman–Crippen LogP) is 2.19. The maximum Gasteiger partial charge on any atom is 0.289 e. The fourth-order valence-corrected chi connectivity index (χ4v) is 1.72. The van der Waals surface area contributed by atoms with E-state index in [0.29, 0.717) is 10.7 Å². The molecule has 1 aromatic carbocycles. The summed E-state index contributed by atoms with van der Waals surface area (Å²) in [6, 6.07) is 9.51. The maximum atomic E-state index is 11.6. The van der Waals surface area contributed by atoms with Crippen LogP contribution >= 0.6 is 11.6 Å². The van der Waals surface area contributed by atoms with Crippen LogP contribution in [-0.4, -0.2) is 17.2 Å². The largest absolute Gasteiger partial charge is 0.339 e. The maximum absolute atomic E-state index is 11.6. The highest BCUT2D eigenvalue weighted by Gasteiger charge is 2.12. The van der Waals surface area contributed by atoms with Gasteiger partial charge in [0, 0.05) is 12.7 Å². The van der Waals surface area contributed by atoms with E-state index in [2.05, 4.69) is 10.2 Å². The number of hydrogen-bond donors (Lipinski definition) is 1. The van der Waals surface area contributed by atoms with Gasteiger partial charge in [0.15, 0.2) is 0 Å². The molecule has 0 atom stereocenters. The van der Waals surface area contributed by atoms with Gasteiger partial charge in [0.2, 0.25) is 0 Å². The number of rotatable bonds is 2. The van der Waals surface area contributed by atoms with Crippen LogP contribution < -0.4 is 10.5 Å². The van der Waals surface area contributed by atoms with E-state index < -0.39 is 0 Å². The van der Waals surface area contributed by atoms with Gasteiger partial charge in [-0.15, -0.1) is 0 Å². The number of aromatic nitrogens is 2. The van der Waals surface area contributed by atoms with Crippen molar-refractivity contribution in [3.8, 4) is 0 Å². The SMILES string of the molecule is CN(c1ccccc1)c1c(Cl)cn[nH]c1=O. The Bertz CT molecular complexity index is 538. The van der Waals surface area contributed by atoms with E-state index in [4.69, 9.17) is 11.6 Å². The van der Waals surface area contributed by atoms with Crippen molar-refractivity contribution in [2.24, 2.45) is 0 Å². The topological polar surface area (TPSA) is 49.0 Å². The average molecular weight is 236 g/mol. The first-order chi connectivity index (χ1) is 7.70. The molecule has 0 saturated carbocycles. The zero-order chi connectivity index (χ0) is 11.5. The average Bonchev–Trinajstić information content (AvgIpc) is 2.30. The molecule has 0 bridgehead atoms. The summed E-state index contributed by atoms with van der Waals surface area (Å²) in [7, 11) is 1.78. The number of nitrogens with one attached hydrogen (secondary N) is 1. The van der Waals surface area contributed by atoms with Gasteiger partial charge in [-0.3, -0.25) is 4.79 Å². The molecule has 2 rings (SSSR count). The Morgan fingerprint density at radius 1 is 1.31 bits per heavy atom. The Hall–Kier alpha value is -1.81. The molecule has 0 aliphatic heterocycles. The van der Waals surface area contributed by atoms with Crippen molar-refractivity contribution in [1.29, 1.82) is 0 Å². The summed E-state index contributed by atoms with van der Waals surface area (Å²) < 4.78 is 0. The lowest BCUT2D eigenvalue weighted by molar-refractivity contribution is 0.973. The van der Waals surface area contributed by atoms with Crippen LogP contribution in [-0.2, 0) is 0 Å². The first kappa shape index (κ1) is 10.7. The van der Waals surface area contributed by atoms with Gasteiger partial charge in [0.25, 0.3) is 5.56 Å². The molecule has 0 radical (unpaired) electrons. The van der Waals surface area contributed by atoms with E-state index in [1.807, 2.05) is 30.3 Å². The van der Waals surface area contributed by atoms with Crippen molar-refractivity contribution >= 4 is 23.0 Å².